The van der Waals surface area contributed by atoms with Gasteiger partial charge in [0, 0.05) is 13.1 Å². The van der Waals surface area contributed by atoms with Gasteiger partial charge >= 0.3 is 0 Å². The lowest BCUT2D eigenvalue weighted by molar-refractivity contribution is 0.0728. The molecule has 21 heavy (non-hydrogen) atoms. The highest BCUT2D eigenvalue weighted by molar-refractivity contribution is 7.98. The second kappa shape index (κ2) is 6.03. The van der Waals surface area contributed by atoms with Crippen molar-refractivity contribution in [1.29, 1.82) is 0 Å². The van der Waals surface area contributed by atoms with Crippen molar-refractivity contribution in [3.8, 4) is 0 Å². The minimum atomic E-state index is -0.132. The molecule has 0 aliphatic carbocycles. The second-order valence-electron chi connectivity index (χ2n) is 4.80. The minimum absolute atomic E-state index is 0.132. The number of carbonyl (C=O) groups excluding carboxylic acids is 1. The van der Waals surface area contributed by atoms with Crippen molar-refractivity contribution < 1.29 is 4.79 Å². The molecule has 3 rings (SSSR count). The van der Waals surface area contributed by atoms with Gasteiger partial charge in [-0.05, 0) is 23.8 Å². The third kappa shape index (κ3) is 2.89. The minimum Gasteiger partial charge on any atom is -0.333 e. The van der Waals surface area contributed by atoms with Crippen LogP contribution in [-0.4, -0.2) is 33.6 Å². The first-order valence-electron chi connectivity index (χ1n) is 6.61. The summed E-state index contributed by atoms with van der Waals surface area (Å²) in [6, 6.07) is 8.20. The molecule has 1 aromatic carbocycles. The van der Waals surface area contributed by atoms with Gasteiger partial charge in [-0.15, -0.1) is 0 Å². The number of halogens is 1. The summed E-state index contributed by atoms with van der Waals surface area (Å²) in [6.07, 6.45) is 4.22. The standard InChI is InChI=1S/C15H14ClN3OS/c1-21-15-17-8-12(16)13(18-15)14(20)19-7-6-10-4-2-3-5-11(10)9-19/h2-5,8H,6-7,9H2,1H3. The van der Waals surface area contributed by atoms with E-state index in [9.17, 15) is 4.79 Å². The van der Waals surface area contributed by atoms with Gasteiger partial charge in [-0.3, -0.25) is 4.79 Å². The maximum atomic E-state index is 12.6. The van der Waals surface area contributed by atoms with Crippen molar-refractivity contribution >= 4 is 29.3 Å². The number of aromatic nitrogens is 2. The van der Waals surface area contributed by atoms with Crippen LogP contribution in [0.1, 0.15) is 21.6 Å². The van der Waals surface area contributed by atoms with E-state index in [0.717, 1.165) is 6.42 Å². The van der Waals surface area contributed by atoms with Gasteiger partial charge in [0.05, 0.1) is 11.2 Å². The number of rotatable bonds is 2. The molecule has 0 spiro atoms. The van der Waals surface area contributed by atoms with E-state index >= 15 is 0 Å². The summed E-state index contributed by atoms with van der Waals surface area (Å²) in [4.78, 5) is 22.8. The van der Waals surface area contributed by atoms with E-state index in [4.69, 9.17) is 11.6 Å². The van der Waals surface area contributed by atoms with Crippen LogP contribution in [-0.2, 0) is 13.0 Å². The summed E-state index contributed by atoms with van der Waals surface area (Å²) in [5, 5.41) is 0.858. The van der Waals surface area contributed by atoms with E-state index in [2.05, 4.69) is 22.1 Å². The Hall–Kier alpha value is -1.59. The highest BCUT2D eigenvalue weighted by Gasteiger charge is 2.24. The summed E-state index contributed by atoms with van der Waals surface area (Å²) in [5.74, 6) is -0.132. The van der Waals surface area contributed by atoms with Crippen LogP contribution in [0, 0.1) is 0 Å². The number of benzene rings is 1. The topological polar surface area (TPSA) is 46.1 Å². The first kappa shape index (κ1) is 14.4. The van der Waals surface area contributed by atoms with Gasteiger partial charge in [-0.1, -0.05) is 47.6 Å². The highest BCUT2D eigenvalue weighted by Crippen LogP contribution is 2.23. The Morgan fingerprint density at radius 1 is 1.33 bits per heavy atom. The molecule has 0 bridgehead atoms. The molecule has 1 aromatic heterocycles. The predicted molar refractivity (Wildman–Crippen MR) is 83.7 cm³/mol. The average molecular weight is 320 g/mol. The third-order valence-corrected chi connectivity index (χ3v) is 4.36. The molecular formula is C15H14ClN3OS. The number of hydrogen-bond acceptors (Lipinski definition) is 4. The maximum Gasteiger partial charge on any atom is 0.274 e. The highest BCUT2D eigenvalue weighted by atomic mass is 35.5. The zero-order valence-corrected chi connectivity index (χ0v) is 13.1. The van der Waals surface area contributed by atoms with Gasteiger partial charge in [-0.2, -0.15) is 0 Å². The van der Waals surface area contributed by atoms with Crippen LogP contribution in [0.3, 0.4) is 0 Å². The molecule has 1 aliphatic heterocycles. The monoisotopic (exact) mass is 319 g/mol. The zero-order valence-electron chi connectivity index (χ0n) is 11.5. The van der Waals surface area contributed by atoms with Crippen molar-refractivity contribution in [3.05, 3.63) is 52.3 Å². The number of thioether (sulfide) groups is 1. The Morgan fingerprint density at radius 2 is 2.10 bits per heavy atom. The van der Waals surface area contributed by atoms with E-state index in [1.807, 2.05) is 18.4 Å². The second-order valence-corrected chi connectivity index (χ2v) is 5.98. The van der Waals surface area contributed by atoms with E-state index in [-0.39, 0.29) is 11.6 Å². The fraction of sp³-hybridized carbons (Fsp3) is 0.267. The quantitative estimate of drug-likeness (QED) is 0.630. The fourth-order valence-electron chi connectivity index (χ4n) is 2.42. The van der Waals surface area contributed by atoms with E-state index < -0.39 is 0 Å². The predicted octanol–water partition coefficient (Wildman–Crippen LogP) is 3.05. The van der Waals surface area contributed by atoms with Gasteiger partial charge < -0.3 is 4.90 Å². The SMILES string of the molecule is CSc1ncc(Cl)c(C(=O)N2CCc3ccccc3C2)n1. The summed E-state index contributed by atoms with van der Waals surface area (Å²) in [7, 11) is 0. The molecule has 2 heterocycles. The van der Waals surface area contributed by atoms with E-state index in [0.29, 0.717) is 23.3 Å². The summed E-state index contributed by atoms with van der Waals surface area (Å²) >= 11 is 7.48. The summed E-state index contributed by atoms with van der Waals surface area (Å²) < 4.78 is 0. The van der Waals surface area contributed by atoms with Crippen molar-refractivity contribution in [2.24, 2.45) is 0 Å². The molecule has 4 nitrogen and oxygen atoms in total. The molecule has 0 unspecified atom stereocenters. The molecule has 0 fully saturated rings. The number of nitrogens with zero attached hydrogens (tertiary/aromatic N) is 3. The largest absolute Gasteiger partial charge is 0.333 e. The molecule has 0 N–H and O–H groups in total. The Morgan fingerprint density at radius 3 is 2.86 bits per heavy atom. The molecular weight excluding hydrogens is 306 g/mol. The maximum absolute atomic E-state index is 12.6. The number of carbonyl (C=O) groups is 1. The van der Waals surface area contributed by atoms with Crippen molar-refractivity contribution in [1.82, 2.24) is 14.9 Å². The first-order chi connectivity index (χ1) is 10.2. The van der Waals surface area contributed by atoms with Crippen molar-refractivity contribution in [2.75, 3.05) is 12.8 Å². The molecule has 0 saturated heterocycles. The molecule has 0 saturated carbocycles. The molecule has 2 aromatic rings. The zero-order chi connectivity index (χ0) is 14.8. The number of fused-ring (bicyclic) bond motifs is 1. The lowest BCUT2D eigenvalue weighted by Gasteiger charge is -2.28. The Balaban J connectivity index is 1.87. The fourth-order valence-corrected chi connectivity index (χ4v) is 2.93. The van der Waals surface area contributed by atoms with Crippen LogP contribution in [0.2, 0.25) is 5.02 Å². The lowest BCUT2D eigenvalue weighted by atomic mass is 10.00. The summed E-state index contributed by atoms with van der Waals surface area (Å²) in [6.45, 7) is 1.29. The van der Waals surface area contributed by atoms with Crippen LogP contribution >= 0.6 is 23.4 Å². The van der Waals surface area contributed by atoms with Gasteiger partial charge in [-0.25, -0.2) is 9.97 Å². The Labute approximate surface area is 132 Å². The smallest absolute Gasteiger partial charge is 0.274 e. The normalized spacial score (nSPS) is 13.9. The van der Waals surface area contributed by atoms with Crippen LogP contribution in [0.5, 0.6) is 0 Å². The first-order valence-corrected chi connectivity index (χ1v) is 8.22. The molecule has 0 atom stereocenters. The molecule has 0 radical (unpaired) electrons. The van der Waals surface area contributed by atoms with Gasteiger partial charge in [0.2, 0.25) is 0 Å². The average Bonchev–Trinajstić information content (AvgIpc) is 2.54. The van der Waals surface area contributed by atoms with E-state index in [1.54, 1.807) is 4.90 Å². The van der Waals surface area contributed by atoms with Crippen LogP contribution in [0.15, 0.2) is 35.6 Å². The number of amides is 1. The molecule has 1 aliphatic rings. The Kier molecular flexibility index (Phi) is 4.12. The van der Waals surface area contributed by atoms with E-state index in [1.165, 1.54) is 29.1 Å². The van der Waals surface area contributed by atoms with Gasteiger partial charge in [0.15, 0.2) is 10.9 Å². The summed E-state index contributed by atoms with van der Waals surface area (Å²) in [5.41, 5.74) is 2.78. The van der Waals surface area contributed by atoms with Gasteiger partial charge in [0.1, 0.15) is 0 Å². The number of hydrogen-bond donors (Lipinski definition) is 0. The molecule has 1 amide bonds. The van der Waals surface area contributed by atoms with Crippen molar-refractivity contribution in [3.63, 3.8) is 0 Å². The van der Waals surface area contributed by atoms with Gasteiger partial charge in [0.25, 0.3) is 5.91 Å². The van der Waals surface area contributed by atoms with Crippen LogP contribution < -0.4 is 0 Å². The lowest BCUT2D eigenvalue weighted by Crippen LogP contribution is -2.36. The Bertz CT molecular complexity index is 692. The van der Waals surface area contributed by atoms with Crippen molar-refractivity contribution in [2.45, 2.75) is 18.1 Å². The van der Waals surface area contributed by atoms with Crippen LogP contribution in [0.4, 0.5) is 0 Å². The third-order valence-electron chi connectivity index (χ3n) is 3.53. The van der Waals surface area contributed by atoms with Crippen LogP contribution in [0.25, 0.3) is 0 Å². The molecule has 6 heteroatoms. The molecule has 108 valence electrons.